The summed E-state index contributed by atoms with van der Waals surface area (Å²) in [7, 11) is -5.52. The minimum absolute atomic E-state index is 0.00327. The highest BCUT2D eigenvalue weighted by molar-refractivity contribution is 7.92. The molecule has 0 spiro atoms. The fourth-order valence-corrected chi connectivity index (χ4v) is 4.01. The maximum atomic E-state index is 12.8. The van der Waals surface area contributed by atoms with E-state index in [1.165, 1.54) is 10.8 Å². The SMILES string of the molecule is O=c1n(Cc2ccnc(Nc3ccccc3)c2)cc(O)n1-c1ccc(S(=O)(=O)C(F)(F)F)cc1. The van der Waals surface area contributed by atoms with Crippen LogP contribution in [0.5, 0.6) is 5.88 Å². The van der Waals surface area contributed by atoms with Gasteiger partial charge in [0.15, 0.2) is 0 Å². The molecule has 4 rings (SSSR count). The number of imidazole rings is 1. The first-order valence-electron chi connectivity index (χ1n) is 9.76. The first kappa shape index (κ1) is 23.1. The Morgan fingerprint density at radius 1 is 1.00 bits per heavy atom. The van der Waals surface area contributed by atoms with Gasteiger partial charge in [0.05, 0.1) is 23.3 Å². The Labute approximate surface area is 191 Å². The van der Waals surface area contributed by atoms with E-state index in [4.69, 9.17) is 0 Å². The van der Waals surface area contributed by atoms with Crippen LogP contribution in [0.1, 0.15) is 5.56 Å². The monoisotopic (exact) mass is 490 g/mol. The number of halogens is 3. The Balaban J connectivity index is 1.59. The third-order valence-electron chi connectivity index (χ3n) is 4.87. The molecule has 34 heavy (non-hydrogen) atoms. The van der Waals surface area contributed by atoms with Gasteiger partial charge in [0.1, 0.15) is 5.82 Å². The fraction of sp³-hybridized carbons (Fsp3) is 0.0909. The molecular weight excluding hydrogens is 473 g/mol. The van der Waals surface area contributed by atoms with Gasteiger partial charge in [-0.25, -0.2) is 22.8 Å². The van der Waals surface area contributed by atoms with Gasteiger partial charge >= 0.3 is 11.2 Å². The lowest BCUT2D eigenvalue weighted by atomic mass is 10.2. The van der Waals surface area contributed by atoms with Crippen LogP contribution < -0.4 is 11.0 Å². The summed E-state index contributed by atoms with van der Waals surface area (Å²) in [4.78, 5) is 16.1. The van der Waals surface area contributed by atoms with Crippen molar-refractivity contribution >= 4 is 21.3 Å². The van der Waals surface area contributed by atoms with Crippen LogP contribution in [-0.4, -0.2) is 33.2 Å². The Bertz CT molecular complexity index is 1480. The van der Waals surface area contributed by atoms with Crippen LogP contribution in [0.3, 0.4) is 0 Å². The molecule has 0 saturated carbocycles. The summed E-state index contributed by atoms with van der Waals surface area (Å²) in [6, 6.07) is 16.2. The molecule has 0 bridgehead atoms. The van der Waals surface area contributed by atoms with E-state index in [2.05, 4.69) is 10.3 Å². The minimum Gasteiger partial charge on any atom is -0.493 e. The van der Waals surface area contributed by atoms with Crippen molar-refractivity contribution in [2.45, 2.75) is 16.9 Å². The minimum atomic E-state index is -5.52. The van der Waals surface area contributed by atoms with Crippen molar-refractivity contribution in [1.29, 1.82) is 0 Å². The van der Waals surface area contributed by atoms with E-state index >= 15 is 0 Å². The Kier molecular flexibility index (Phi) is 5.92. The third-order valence-corrected chi connectivity index (χ3v) is 6.37. The summed E-state index contributed by atoms with van der Waals surface area (Å²) in [6.07, 6.45) is 2.73. The maximum Gasteiger partial charge on any atom is 0.501 e. The van der Waals surface area contributed by atoms with Crippen LogP contribution in [-0.2, 0) is 16.4 Å². The summed E-state index contributed by atoms with van der Waals surface area (Å²) in [5.74, 6) is 0.0787. The molecule has 0 aliphatic rings. The number of nitrogens with zero attached hydrogens (tertiary/aromatic N) is 3. The van der Waals surface area contributed by atoms with Crippen molar-refractivity contribution in [1.82, 2.24) is 14.1 Å². The van der Waals surface area contributed by atoms with Gasteiger partial charge in [-0.1, -0.05) is 18.2 Å². The van der Waals surface area contributed by atoms with Crippen LogP contribution >= 0.6 is 0 Å². The molecule has 8 nitrogen and oxygen atoms in total. The van der Waals surface area contributed by atoms with E-state index in [1.54, 1.807) is 18.3 Å². The van der Waals surface area contributed by atoms with E-state index in [9.17, 15) is 31.5 Å². The molecule has 2 N–H and O–H groups in total. The first-order chi connectivity index (χ1) is 16.1. The van der Waals surface area contributed by atoms with E-state index in [0.29, 0.717) is 11.4 Å². The van der Waals surface area contributed by atoms with Gasteiger partial charge in [-0.15, -0.1) is 0 Å². The van der Waals surface area contributed by atoms with Crippen molar-refractivity contribution in [3.63, 3.8) is 0 Å². The molecule has 0 aliphatic heterocycles. The van der Waals surface area contributed by atoms with Gasteiger partial charge in [0.25, 0.3) is 9.84 Å². The highest BCUT2D eigenvalue weighted by Gasteiger charge is 2.46. The van der Waals surface area contributed by atoms with E-state index in [1.807, 2.05) is 30.3 Å². The lowest BCUT2D eigenvalue weighted by Crippen LogP contribution is -2.24. The molecular formula is C22H17F3N4O4S. The number of rotatable bonds is 6. The van der Waals surface area contributed by atoms with Gasteiger partial charge < -0.3 is 10.4 Å². The molecule has 2 aromatic carbocycles. The van der Waals surface area contributed by atoms with Crippen molar-refractivity contribution in [2.75, 3.05) is 5.32 Å². The zero-order valence-electron chi connectivity index (χ0n) is 17.3. The molecule has 0 atom stereocenters. The number of para-hydroxylation sites is 1. The van der Waals surface area contributed by atoms with Crippen LogP contribution in [0.4, 0.5) is 24.7 Å². The van der Waals surface area contributed by atoms with Crippen molar-refractivity contribution < 1.29 is 26.7 Å². The molecule has 0 radical (unpaired) electrons. The molecule has 0 fully saturated rings. The number of alkyl halides is 3. The van der Waals surface area contributed by atoms with Gasteiger partial charge in [-0.3, -0.25) is 4.57 Å². The van der Waals surface area contributed by atoms with Gasteiger partial charge in [0, 0.05) is 11.9 Å². The molecule has 0 aliphatic carbocycles. The number of anilines is 2. The number of hydrogen-bond donors (Lipinski definition) is 2. The smallest absolute Gasteiger partial charge is 0.493 e. The zero-order valence-corrected chi connectivity index (χ0v) is 18.1. The Morgan fingerprint density at radius 3 is 2.32 bits per heavy atom. The number of aromatic hydroxyl groups is 1. The lowest BCUT2D eigenvalue weighted by molar-refractivity contribution is -0.0436. The molecule has 4 aromatic rings. The summed E-state index contributed by atoms with van der Waals surface area (Å²) < 4.78 is 63.3. The second-order valence-electron chi connectivity index (χ2n) is 7.22. The molecule has 12 heteroatoms. The number of pyridine rings is 1. The highest BCUT2D eigenvalue weighted by Crippen LogP contribution is 2.30. The van der Waals surface area contributed by atoms with Gasteiger partial charge in [-0.05, 0) is 54.1 Å². The summed E-state index contributed by atoms with van der Waals surface area (Å²) >= 11 is 0. The number of benzene rings is 2. The largest absolute Gasteiger partial charge is 0.501 e. The predicted octanol–water partition coefficient (Wildman–Crippen LogP) is 3.83. The van der Waals surface area contributed by atoms with Crippen LogP contribution in [0.2, 0.25) is 0 Å². The van der Waals surface area contributed by atoms with Crippen molar-refractivity contribution in [3.8, 4) is 11.6 Å². The summed E-state index contributed by atoms with van der Waals surface area (Å²) in [6.45, 7) is 0.0753. The molecule has 2 aromatic heterocycles. The second-order valence-corrected chi connectivity index (χ2v) is 9.16. The lowest BCUT2D eigenvalue weighted by Gasteiger charge is -2.09. The second kappa shape index (κ2) is 8.71. The number of hydrogen-bond acceptors (Lipinski definition) is 6. The number of aromatic nitrogens is 3. The Morgan fingerprint density at radius 2 is 1.68 bits per heavy atom. The normalized spacial score (nSPS) is 12.0. The number of nitrogens with one attached hydrogen (secondary N) is 1. The van der Waals surface area contributed by atoms with Crippen molar-refractivity contribution in [3.05, 3.63) is 95.2 Å². The van der Waals surface area contributed by atoms with E-state index < -0.39 is 31.8 Å². The Hall–Kier alpha value is -4.06. The van der Waals surface area contributed by atoms with E-state index in [-0.39, 0.29) is 12.2 Å². The van der Waals surface area contributed by atoms with Crippen LogP contribution in [0.25, 0.3) is 5.69 Å². The molecule has 0 unspecified atom stereocenters. The van der Waals surface area contributed by atoms with Gasteiger partial charge in [-0.2, -0.15) is 13.2 Å². The maximum absolute atomic E-state index is 12.8. The molecule has 176 valence electrons. The zero-order chi connectivity index (χ0) is 24.5. The van der Waals surface area contributed by atoms with Crippen molar-refractivity contribution in [2.24, 2.45) is 0 Å². The summed E-state index contributed by atoms with van der Waals surface area (Å²) in [5.41, 5.74) is -4.60. The van der Waals surface area contributed by atoms with Gasteiger partial charge in [0.2, 0.25) is 5.88 Å². The van der Waals surface area contributed by atoms with Crippen LogP contribution in [0.15, 0.2) is 88.8 Å². The highest BCUT2D eigenvalue weighted by atomic mass is 32.2. The van der Waals surface area contributed by atoms with E-state index in [0.717, 1.165) is 34.5 Å². The predicted molar refractivity (Wildman–Crippen MR) is 118 cm³/mol. The average Bonchev–Trinajstić information content (AvgIpc) is 3.06. The molecule has 0 amide bonds. The number of sulfone groups is 1. The summed E-state index contributed by atoms with van der Waals surface area (Å²) in [5, 5.41) is 13.4. The quantitative estimate of drug-likeness (QED) is 0.426. The fourth-order valence-electron chi connectivity index (χ4n) is 3.25. The third kappa shape index (κ3) is 4.53. The first-order valence-corrected chi connectivity index (χ1v) is 11.2. The standard InChI is InChI=1S/C22H17F3N4O4S/c23-22(24,25)34(32,33)18-8-6-17(7-9-18)29-20(30)14-28(21(29)31)13-15-10-11-26-19(12-15)27-16-4-2-1-3-5-16/h1-12,14,30H,13H2,(H,26,27). The van der Waals surface area contributed by atoms with Crippen LogP contribution in [0, 0.1) is 0 Å². The average molecular weight is 490 g/mol. The topological polar surface area (TPSA) is 106 Å². The molecule has 0 saturated heterocycles. The molecule has 2 heterocycles.